The quantitative estimate of drug-likeness (QED) is 0.912. The molecule has 4 rings (SSSR count). The van der Waals surface area contributed by atoms with Crippen LogP contribution in [0.25, 0.3) is 0 Å². The fraction of sp³-hybridized carbons (Fsp3) is 0.647. The largest absolute Gasteiger partial charge is 0.379 e. The Morgan fingerprint density at radius 1 is 0.900 bits per heavy atom. The van der Waals surface area contributed by atoms with Gasteiger partial charge in [-0.15, -0.1) is 0 Å². The highest BCUT2D eigenvalue weighted by Crippen LogP contribution is 2.34. The van der Waals surface area contributed by atoms with Gasteiger partial charge in [-0.1, -0.05) is 12.1 Å². The number of benzene rings is 1. The predicted molar refractivity (Wildman–Crippen MR) is 84.5 cm³/mol. The minimum atomic E-state index is 0.654. The summed E-state index contributed by atoms with van der Waals surface area (Å²) in [4.78, 5) is 5.22. The average molecular weight is 271 g/mol. The summed E-state index contributed by atoms with van der Waals surface area (Å²) in [6.07, 6.45) is 6.75. The number of nitrogens with one attached hydrogen (secondary N) is 1. The van der Waals surface area contributed by atoms with E-state index in [1.165, 1.54) is 69.7 Å². The third-order valence-electron chi connectivity index (χ3n) is 5.30. The van der Waals surface area contributed by atoms with Crippen LogP contribution >= 0.6 is 0 Å². The van der Waals surface area contributed by atoms with Gasteiger partial charge in [0.2, 0.25) is 0 Å². The molecular weight excluding hydrogens is 246 g/mol. The van der Waals surface area contributed by atoms with Crippen molar-refractivity contribution < 1.29 is 0 Å². The van der Waals surface area contributed by atoms with Gasteiger partial charge in [-0.2, -0.15) is 0 Å². The molecule has 3 heteroatoms. The van der Waals surface area contributed by atoms with Crippen molar-refractivity contribution in [1.82, 2.24) is 4.90 Å². The molecule has 108 valence electrons. The molecule has 20 heavy (non-hydrogen) atoms. The van der Waals surface area contributed by atoms with E-state index >= 15 is 0 Å². The summed E-state index contributed by atoms with van der Waals surface area (Å²) in [7, 11) is 0. The first-order valence-corrected chi connectivity index (χ1v) is 8.26. The molecule has 0 radical (unpaired) electrons. The Morgan fingerprint density at radius 2 is 1.75 bits per heavy atom. The standard InChI is InChI=1S/C17H25N3/c1-2-7-16(19-10-3-4-11-19)14(6-1)18-15-9-13-20-12-5-8-17(15)20/h1-2,6-7,15,17-18H,3-5,8-13H2. The first kappa shape index (κ1) is 12.5. The molecule has 3 aliphatic heterocycles. The normalized spacial score (nSPS) is 29.9. The van der Waals surface area contributed by atoms with Crippen molar-refractivity contribution in [1.29, 1.82) is 0 Å². The Balaban J connectivity index is 1.53. The minimum Gasteiger partial charge on any atom is -0.379 e. The van der Waals surface area contributed by atoms with Gasteiger partial charge in [-0.3, -0.25) is 4.90 Å². The summed E-state index contributed by atoms with van der Waals surface area (Å²) in [5, 5.41) is 3.87. The summed E-state index contributed by atoms with van der Waals surface area (Å²) in [6.45, 7) is 5.04. The van der Waals surface area contributed by atoms with Crippen molar-refractivity contribution >= 4 is 11.4 Å². The molecular formula is C17H25N3. The van der Waals surface area contributed by atoms with Gasteiger partial charge >= 0.3 is 0 Å². The summed E-state index contributed by atoms with van der Waals surface area (Å²) >= 11 is 0. The molecule has 0 aromatic heterocycles. The second-order valence-corrected chi connectivity index (χ2v) is 6.50. The van der Waals surface area contributed by atoms with Crippen LogP contribution in [0.1, 0.15) is 32.1 Å². The van der Waals surface area contributed by atoms with Crippen molar-refractivity contribution in [2.24, 2.45) is 0 Å². The second kappa shape index (κ2) is 5.28. The van der Waals surface area contributed by atoms with E-state index in [2.05, 4.69) is 39.4 Å². The molecule has 1 N–H and O–H groups in total. The van der Waals surface area contributed by atoms with Gasteiger partial charge in [0, 0.05) is 31.7 Å². The van der Waals surface area contributed by atoms with E-state index in [0.717, 1.165) is 6.04 Å². The molecule has 0 saturated carbocycles. The van der Waals surface area contributed by atoms with Gasteiger partial charge in [-0.05, 0) is 50.8 Å². The highest BCUT2D eigenvalue weighted by Gasteiger charge is 2.37. The maximum absolute atomic E-state index is 3.87. The van der Waals surface area contributed by atoms with Crippen LogP contribution < -0.4 is 10.2 Å². The maximum atomic E-state index is 3.87. The van der Waals surface area contributed by atoms with Crippen LogP contribution in [-0.4, -0.2) is 43.2 Å². The zero-order chi connectivity index (χ0) is 13.4. The van der Waals surface area contributed by atoms with E-state index in [4.69, 9.17) is 0 Å². The molecule has 0 amide bonds. The van der Waals surface area contributed by atoms with Crippen LogP contribution in [0.15, 0.2) is 24.3 Å². The first-order valence-electron chi connectivity index (χ1n) is 8.26. The van der Waals surface area contributed by atoms with Crippen molar-refractivity contribution in [3.8, 4) is 0 Å². The van der Waals surface area contributed by atoms with E-state index in [1.807, 2.05) is 0 Å². The average Bonchev–Trinajstić information content (AvgIpc) is 3.18. The van der Waals surface area contributed by atoms with Crippen LogP contribution in [0.5, 0.6) is 0 Å². The molecule has 1 aromatic carbocycles. The smallest absolute Gasteiger partial charge is 0.0602 e. The lowest BCUT2D eigenvalue weighted by atomic mass is 10.1. The topological polar surface area (TPSA) is 18.5 Å². The third-order valence-corrected chi connectivity index (χ3v) is 5.30. The molecule has 0 aliphatic carbocycles. The number of para-hydroxylation sites is 2. The van der Waals surface area contributed by atoms with Crippen LogP contribution in [0.3, 0.4) is 0 Å². The fourth-order valence-electron chi connectivity index (χ4n) is 4.28. The molecule has 0 spiro atoms. The van der Waals surface area contributed by atoms with Crippen LogP contribution in [-0.2, 0) is 0 Å². The van der Waals surface area contributed by atoms with Crippen LogP contribution in [0.4, 0.5) is 11.4 Å². The van der Waals surface area contributed by atoms with Gasteiger partial charge in [0.1, 0.15) is 0 Å². The SMILES string of the molecule is c1ccc(N2CCCC2)c(NC2CCN3CCCC23)c1. The van der Waals surface area contributed by atoms with E-state index in [1.54, 1.807) is 0 Å². The Morgan fingerprint density at radius 3 is 2.65 bits per heavy atom. The van der Waals surface area contributed by atoms with Crippen molar-refractivity contribution in [2.45, 2.75) is 44.2 Å². The van der Waals surface area contributed by atoms with E-state index in [9.17, 15) is 0 Å². The minimum absolute atomic E-state index is 0.654. The lowest BCUT2D eigenvalue weighted by molar-refractivity contribution is 0.318. The van der Waals surface area contributed by atoms with Crippen LogP contribution in [0.2, 0.25) is 0 Å². The van der Waals surface area contributed by atoms with E-state index < -0.39 is 0 Å². The number of nitrogens with zero attached hydrogens (tertiary/aromatic N) is 2. The number of hydrogen-bond donors (Lipinski definition) is 1. The van der Waals surface area contributed by atoms with Crippen molar-refractivity contribution in [2.75, 3.05) is 36.4 Å². The number of rotatable bonds is 3. The molecule has 1 aromatic rings. The van der Waals surface area contributed by atoms with Crippen molar-refractivity contribution in [3.63, 3.8) is 0 Å². The van der Waals surface area contributed by atoms with E-state index in [-0.39, 0.29) is 0 Å². The molecule has 3 saturated heterocycles. The molecule has 0 bridgehead atoms. The molecule has 3 heterocycles. The number of hydrogen-bond acceptors (Lipinski definition) is 3. The van der Waals surface area contributed by atoms with Gasteiger partial charge in [0.25, 0.3) is 0 Å². The first-order chi connectivity index (χ1) is 9.92. The fourth-order valence-corrected chi connectivity index (χ4v) is 4.28. The maximum Gasteiger partial charge on any atom is 0.0602 e. The Kier molecular flexibility index (Phi) is 3.31. The van der Waals surface area contributed by atoms with Gasteiger partial charge in [0.15, 0.2) is 0 Å². The Hall–Kier alpha value is -1.22. The summed E-state index contributed by atoms with van der Waals surface area (Å²) in [5.41, 5.74) is 2.77. The van der Waals surface area contributed by atoms with Crippen LogP contribution in [0, 0.1) is 0 Å². The highest BCUT2D eigenvalue weighted by molar-refractivity contribution is 5.70. The molecule has 2 atom stereocenters. The monoisotopic (exact) mass is 271 g/mol. The molecule has 3 fully saturated rings. The van der Waals surface area contributed by atoms with Gasteiger partial charge in [-0.25, -0.2) is 0 Å². The summed E-state index contributed by atoms with van der Waals surface area (Å²) in [6, 6.07) is 10.3. The molecule has 3 aliphatic rings. The lowest BCUT2D eigenvalue weighted by Crippen LogP contribution is -2.34. The predicted octanol–water partition coefficient (Wildman–Crippen LogP) is 2.94. The number of anilines is 2. The zero-order valence-electron chi connectivity index (χ0n) is 12.2. The Labute approximate surface area is 121 Å². The molecule has 2 unspecified atom stereocenters. The zero-order valence-corrected chi connectivity index (χ0v) is 12.2. The van der Waals surface area contributed by atoms with Crippen molar-refractivity contribution in [3.05, 3.63) is 24.3 Å². The van der Waals surface area contributed by atoms with Gasteiger partial charge < -0.3 is 10.2 Å². The molecule has 3 nitrogen and oxygen atoms in total. The van der Waals surface area contributed by atoms with E-state index in [0.29, 0.717) is 6.04 Å². The third kappa shape index (κ3) is 2.18. The highest BCUT2D eigenvalue weighted by atomic mass is 15.2. The van der Waals surface area contributed by atoms with Gasteiger partial charge in [0.05, 0.1) is 11.4 Å². The summed E-state index contributed by atoms with van der Waals surface area (Å²) in [5.74, 6) is 0. The summed E-state index contributed by atoms with van der Waals surface area (Å²) < 4.78 is 0. The lowest BCUT2D eigenvalue weighted by Gasteiger charge is -2.26. The number of fused-ring (bicyclic) bond motifs is 1. The Bertz CT molecular complexity index is 467. The second-order valence-electron chi connectivity index (χ2n) is 6.50.